The van der Waals surface area contributed by atoms with Crippen molar-refractivity contribution in [3.63, 3.8) is 0 Å². The van der Waals surface area contributed by atoms with Crippen molar-refractivity contribution in [2.75, 3.05) is 6.61 Å². The van der Waals surface area contributed by atoms with E-state index >= 15 is 0 Å². The molecule has 0 aromatic carbocycles. The van der Waals surface area contributed by atoms with Gasteiger partial charge in [0.1, 0.15) is 5.60 Å². The number of halogens is 1. The first-order valence-corrected chi connectivity index (χ1v) is 7.14. The number of nitrogens with zero attached hydrogens (tertiary/aromatic N) is 2. The zero-order chi connectivity index (χ0) is 13.6. The monoisotopic (exact) mass is 316 g/mol. The second-order valence-corrected chi connectivity index (χ2v) is 6.80. The summed E-state index contributed by atoms with van der Waals surface area (Å²) in [5, 5.41) is 15.4. The zero-order valence-electron chi connectivity index (χ0n) is 11.4. The molecule has 0 bridgehead atoms. The van der Waals surface area contributed by atoms with E-state index in [4.69, 9.17) is 4.74 Å². The highest BCUT2D eigenvalue weighted by molar-refractivity contribution is 9.10. The molecule has 0 radical (unpaired) electrons. The molecule has 5 heteroatoms. The van der Waals surface area contributed by atoms with E-state index in [9.17, 15) is 5.11 Å². The van der Waals surface area contributed by atoms with Crippen LogP contribution in [0, 0.1) is 0 Å². The minimum atomic E-state index is -0.874. The van der Waals surface area contributed by atoms with Crippen LogP contribution in [-0.4, -0.2) is 27.1 Å². The summed E-state index contributed by atoms with van der Waals surface area (Å²) >= 11 is 3.51. The van der Waals surface area contributed by atoms with Crippen LogP contribution in [0.25, 0.3) is 0 Å². The molecule has 4 nitrogen and oxygen atoms in total. The van der Waals surface area contributed by atoms with Gasteiger partial charge in [-0.15, -0.1) is 0 Å². The molecule has 1 fully saturated rings. The molecular formula is C13H21BrN2O2. The van der Waals surface area contributed by atoms with Gasteiger partial charge in [-0.25, -0.2) is 0 Å². The first-order chi connectivity index (χ1) is 8.25. The molecule has 1 aliphatic heterocycles. The van der Waals surface area contributed by atoms with E-state index < -0.39 is 5.60 Å². The molecule has 2 rings (SSSR count). The second kappa shape index (κ2) is 4.62. The lowest BCUT2D eigenvalue weighted by molar-refractivity contribution is -0.151. The Morgan fingerprint density at radius 2 is 2.17 bits per heavy atom. The molecule has 0 saturated carbocycles. The van der Waals surface area contributed by atoms with E-state index in [1.807, 2.05) is 18.5 Å². The molecule has 1 N–H and O–H groups in total. The fourth-order valence-electron chi connectivity index (χ4n) is 2.71. The van der Waals surface area contributed by atoms with Gasteiger partial charge < -0.3 is 9.84 Å². The van der Waals surface area contributed by atoms with Gasteiger partial charge in [0.15, 0.2) is 0 Å². The molecule has 102 valence electrons. The number of aliphatic hydroxyl groups is 1. The predicted molar refractivity (Wildman–Crippen MR) is 73.5 cm³/mol. The Morgan fingerprint density at radius 3 is 2.72 bits per heavy atom. The van der Waals surface area contributed by atoms with E-state index in [1.54, 1.807) is 6.20 Å². The molecule has 1 aromatic rings. The van der Waals surface area contributed by atoms with Crippen molar-refractivity contribution in [1.29, 1.82) is 0 Å². The SMILES string of the molecule is CC(C)n1ncc(Br)c1C1(O)CCOC(C)(C)C1. The summed E-state index contributed by atoms with van der Waals surface area (Å²) in [6.45, 7) is 8.73. The second-order valence-electron chi connectivity index (χ2n) is 5.95. The Kier molecular flexibility index (Phi) is 3.60. The molecule has 1 saturated heterocycles. The fourth-order valence-corrected chi connectivity index (χ4v) is 3.35. The number of aromatic nitrogens is 2. The van der Waals surface area contributed by atoms with Crippen molar-refractivity contribution < 1.29 is 9.84 Å². The molecule has 1 aliphatic rings. The maximum atomic E-state index is 11.0. The molecule has 1 atom stereocenters. The van der Waals surface area contributed by atoms with Crippen LogP contribution in [0.3, 0.4) is 0 Å². The third kappa shape index (κ3) is 2.49. The summed E-state index contributed by atoms with van der Waals surface area (Å²) in [4.78, 5) is 0. The van der Waals surface area contributed by atoms with E-state index in [1.165, 1.54) is 0 Å². The van der Waals surface area contributed by atoms with E-state index in [-0.39, 0.29) is 11.6 Å². The van der Waals surface area contributed by atoms with E-state index in [0.29, 0.717) is 19.4 Å². The summed E-state index contributed by atoms with van der Waals surface area (Å²) in [5.41, 5.74) is -0.311. The lowest BCUT2D eigenvalue weighted by Gasteiger charge is -2.42. The first kappa shape index (κ1) is 14.0. The fraction of sp³-hybridized carbons (Fsp3) is 0.769. The minimum Gasteiger partial charge on any atom is -0.383 e. The molecule has 1 aromatic heterocycles. The van der Waals surface area contributed by atoms with E-state index in [0.717, 1.165) is 10.2 Å². The number of hydrogen-bond acceptors (Lipinski definition) is 3. The lowest BCUT2D eigenvalue weighted by Crippen LogP contribution is -2.45. The average molecular weight is 317 g/mol. The maximum absolute atomic E-state index is 11.0. The summed E-state index contributed by atoms with van der Waals surface area (Å²) in [6.07, 6.45) is 2.94. The maximum Gasteiger partial charge on any atom is 0.112 e. The zero-order valence-corrected chi connectivity index (χ0v) is 13.0. The third-order valence-electron chi connectivity index (χ3n) is 3.41. The van der Waals surface area contributed by atoms with Gasteiger partial charge in [0.25, 0.3) is 0 Å². The van der Waals surface area contributed by atoms with Crippen LogP contribution in [0.15, 0.2) is 10.7 Å². The standard InChI is InChI=1S/C13H21BrN2O2/c1-9(2)16-11(10(14)7-15-16)13(17)5-6-18-12(3,4)8-13/h7,9,17H,5-6,8H2,1-4H3. The molecule has 2 heterocycles. The Bertz CT molecular complexity index is 442. The largest absolute Gasteiger partial charge is 0.383 e. The Labute approximate surface area is 116 Å². The van der Waals surface area contributed by atoms with Gasteiger partial charge in [-0.3, -0.25) is 4.68 Å². The van der Waals surface area contributed by atoms with Gasteiger partial charge in [-0.1, -0.05) is 0 Å². The van der Waals surface area contributed by atoms with Crippen LogP contribution in [-0.2, 0) is 10.3 Å². The van der Waals surface area contributed by atoms with Crippen molar-refractivity contribution in [1.82, 2.24) is 9.78 Å². The Morgan fingerprint density at radius 1 is 1.50 bits per heavy atom. The summed E-state index contributed by atoms with van der Waals surface area (Å²) in [6, 6.07) is 0.223. The van der Waals surface area contributed by atoms with Gasteiger partial charge >= 0.3 is 0 Å². The number of hydrogen-bond donors (Lipinski definition) is 1. The summed E-state index contributed by atoms with van der Waals surface area (Å²) in [7, 11) is 0. The smallest absolute Gasteiger partial charge is 0.112 e. The summed E-state index contributed by atoms with van der Waals surface area (Å²) in [5.74, 6) is 0. The quantitative estimate of drug-likeness (QED) is 0.912. The first-order valence-electron chi connectivity index (χ1n) is 6.35. The minimum absolute atomic E-state index is 0.223. The van der Waals surface area contributed by atoms with Gasteiger partial charge in [0.05, 0.1) is 28.6 Å². The average Bonchev–Trinajstić information content (AvgIpc) is 2.58. The van der Waals surface area contributed by atoms with Crippen LogP contribution in [0.1, 0.15) is 52.3 Å². The highest BCUT2D eigenvalue weighted by Crippen LogP contribution is 2.42. The van der Waals surface area contributed by atoms with Crippen LogP contribution >= 0.6 is 15.9 Å². The molecular weight excluding hydrogens is 296 g/mol. The van der Waals surface area contributed by atoms with Crippen LogP contribution in [0.5, 0.6) is 0 Å². The van der Waals surface area contributed by atoms with E-state index in [2.05, 4.69) is 34.9 Å². The van der Waals surface area contributed by atoms with Crippen LogP contribution in [0.4, 0.5) is 0 Å². The van der Waals surface area contributed by atoms with Crippen molar-refractivity contribution in [2.24, 2.45) is 0 Å². The topological polar surface area (TPSA) is 47.3 Å². The summed E-state index contributed by atoms with van der Waals surface area (Å²) < 4.78 is 8.46. The van der Waals surface area contributed by atoms with Crippen molar-refractivity contribution in [3.8, 4) is 0 Å². The normalized spacial score (nSPS) is 27.7. The van der Waals surface area contributed by atoms with Crippen molar-refractivity contribution in [3.05, 3.63) is 16.4 Å². The molecule has 0 amide bonds. The van der Waals surface area contributed by atoms with Gasteiger partial charge in [0.2, 0.25) is 0 Å². The van der Waals surface area contributed by atoms with Crippen molar-refractivity contribution in [2.45, 2.75) is 57.8 Å². The third-order valence-corrected chi connectivity index (χ3v) is 3.99. The predicted octanol–water partition coefficient (Wildman–Crippen LogP) is 3.00. The highest BCUT2D eigenvalue weighted by atomic mass is 79.9. The number of rotatable bonds is 2. The Hall–Kier alpha value is -0.390. The Balaban J connectivity index is 2.43. The highest BCUT2D eigenvalue weighted by Gasteiger charge is 2.44. The van der Waals surface area contributed by atoms with Gasteiger partial charge in [-0.2, -0.15) is 5.10 Å². The van der Waals surface area contributed by atoms with Crippen LogP contribution in [0.2, 0.25) is 0 Å². The molecule has 18 heavy (non-hydrogen) atoms. The van der Waals surface area contributed by atoms with Crippen molar-refractivity contribution >= 4 is 15.9 Å². The molecule has 0 aliphatic carbocycles. The number of ether oxygens (including phenoxy) is 1. The van der Waals surface area contributed by atoms with Gasteiger partial charge in [-0.05, 0) is 43.6 Å². The lowest BCUT2D eigenvalue weighted by atomic mass is 9.82. The molecule has 1 unspecified atom stereocenters. The van der Waals surface area contributed by atoms with Gasteiger partial charge in [0, 0.05) is 18.9 Å². The molecule has 0 spiro atoms. The van der Waals surface area contributed by atoms with Crippen LogP contribution < -0.4 is 0 Å².